The van der Waals surface area contributed by atoms with E-state index in [-0.39, 0.29) is 17.7 Å². The van der Waals surface area contributed by atoms with Crippen molar-refractivity contribution in [2.75, 3.05) is 32.6 Å². The van der Waals surface area contributed by atoms with E-state index < -0.39 is 10.0 Å². The van der Waals surface area contributed by atoms with E-state index in [1.54, 1.807) is 20.2 Å². The number of hydrogen-bond acceptors (Lipinski definition) is 5. The topological polar surface area (TPSA) is 93.5 Å². The van der Waals surface area contributed by atoms with Gasteiger partial charge in [0.1, 0.15) is 11.5 Å². The van der Waals surface area contributed by atoms with Crippen molar-refractivity contribution in [3.05, 3.63) is 17.7 Å². The number of aromatic nitrogens is 2. The molecule has 1 aliphatic rings. The highest BCUT2D eigenvalue weighted by molar-refractivity contribution is 7.89. The Morgan fingerprint density at radius 2 is 2.22 bits per heavy atom. The average Bonchev–Trinajstić information content (AvgIpc) is 2.92. The number of nitrogens with one attached hydrogen (secondary N) is 1. The number of nitrogens with zero attached hydrogens (tertiary/aromatic N) is 3. The zero-order valence-corrected chi connectivity index (χ0v) is 14.6. The molecule has 0 aliphatic carbocycles. The van der Waals surface area contributed by atoms with Gasteiger partial charge in [-0.2, -0.15) is 4.31 Å². The summed E-state index contributed by atoms with van der Waals surface area (Å²) in [4.78, 5) is 16.4. The summed E-state index contributed by atoms with van der Waals surface area (Å²) in [5.74, 6) is 0.453. The minimum Gasteiger partial charge on any atom is -0.383 e. The van der Waals surface area contributed by atoms with Crippen LogP contribution >= 0.6 is 0 Å². The van der Waals surface area contributed by atoms with Crippen LogP contribution in [0.15, 0.2) is 6.20 Å². The minimum absolute atomic E-state index is 0.127. The molecule has 130 valence electrons. The van der Waals surface area contributed by atoms with Crippen molar-refractivity contribution < 1.29 is 17.9 Å². The van der Waals surface area contributed by atoms with E-state index in [0.29, 0.717) is 44.2 Å². The Labute approximate surface area is 136 Å². The fourth-order valence-corrected chi connectivity index (χ4v) is 4.38. The lowest BCUT2D eigenvalue weighted by atomic mass is 10.2. The van der Waals surface area contributed by atoms with Crippen LogP contribution < -0.4 is 5.32 Å². The molecule has 1 aliphatic heterocycles. The molecule has 1 aromatic rings. The molecule has 1 atom stereocenters. The van der Waals surface area contributed by atoms with Crippen LogP contribution in [0.4, 0.5) is 0 Å². The first-order valence-electron chi connectivity index (χ1n) is 7.74. The number of sulfonamides is 1. The van der Waals surface area contributed by atoms with Crippen LogP contribution in [0.2, 0.25) is 0 Å². The number of carbonyl (C=O) groups excluding carboxylic acids is 1. The molecular weight excluding hydrogens is 320 g/mol. The molecule has 0 unspecified atom stereocenters. The fourth-order valence-electron chi connectivity index (χ4n) is 2.69. The Balaban J connectivity index is 2.16. The molecule has 1 N–H and O–H groups in total. The van der Waals surface area contributed by atoms with Crippen molar-refractivity contribution >= 4 is 15.9 Å². The first kappa shape index (κ1) is 17.9. The van der Waals surface area contributed by atoms with Crippen molar-refractivity contribution in [1.82, 2.24) is 19.2 Å². The lowest BCUT2D eigenvalue weighted by Crippen LogP contribution is -2.42. The van der Waals surface area contributed by atoms with Gasteiger partial charge in [0.2, 0.25) is 10.0 Å². The van der Waals surface area contributed by atoms with Crippen LogP contribution in [0.5, 0.6) is 0 Å². The molecule has 1 aromatic heterocycles. The molecule has 0 saturated carbocycles. The van der Waals surface area contributed by atoms with E-state index in [0.717, 1.165) is 0 Å². The van der Waals surface area contributed by atoms with Gasteiger partial charge in [0, 0.05) is 32.9 Å². The third-order valence-electron chi connectivity index (χ3n) is 3.82. The summed E-state index contributed by atoms with van der Waals surface area (Å²) in [5.41, 5.74) is 0.303. The number of carbonyl (C=O) groups is 1. The van der Waals surface area contributed by atoms with Gasteiger partial charge in [-0.25, -0.2) is 13.4 Å². The van der Waals surface area contributed by atoms with Gasteiger partial charge in [-0.05, 0) is 13.3 Å². The third kappa shape index (κ3) is 3.91. The normalized spacial score (nSPS) is 18.7. The molecule has 0 saturated heterocycles. The van der Waals surface area contributed by atoms with E-state index in [1.807, 2.05) is 11.5 Å². The molecule has 0 fully saturated rings. The fraction of sp³-hybridized carbons (Fsp3) is 0.714. The first-order chi connectivity index (χ1) is 10.9. The monoisotopic (exact) mass is 344 g/mol. The zero-order valence-electron chi connectivity index (χ0n) is 13.8. The summed E-state index contributed by atoms with van der Waals surface area (Å²) in [6.07, 6.45) is 2.25. The van der Waals surface area contributed by atoms with Gasteiger partial charge in [0.15, 0.2) is 0 Å². The van der Waals surface area contributed by atoms with Crippen molar-refractivity contribution in [2.45, 2.75) is 32.9 Å². The zero-order chi connectivity index (χ0) is 17.0. The van der Waals surface area contributed by atoms with E-state index in [9.17, 15) is 13.2 Å². The largest absolute Gasteiger partial charge is 0.383 e. The maximum atomic E-state index is 12.3. The second kappa shape index (κ2) is 7.41. The van der Waals surface area contributed by atoms with Crippen LogP contribution in [-0.4, -0.2) is 60.7 Å². The Morgan fingerprint density at radius 1 is 1.48 bits per heavy atom. The summed E-state index contributed by atoms with van der Waals surface area (Å²) in [5, 5.41) is 2.71. The molecule has 8 nitrogen and oxygen atoms in total. The molecular formula is C14H24N4O4S. The number of methoxy groups -OCH3 is 1. The van der Waals surface area contributed by atoms with Gasteiger partial charge >= 0.3 is 0 Å². The molecule has 23 heavy (non-hydrogen) atoms. The van der Waals surface area contributed by atoms with E-state index in [1.165, 1.54) is 4.31 Å². The highest BCUT2D eigenvalue weighted by Crippen LogP contribution is 2.27. The van der Waals surface area contributed by atoms with E-state index in [2.05, 4.69) is 10.3 Å². The number of amides is 1. The Morgan fingerprint density at radius 3 is 2.87 bits per heavy atom. The van der Waals surface area contributed by atoms with Crippen LogP contribution in [-0.2, 0) is 21.3 Å². The van der Waals surface area contributed by atoms with E-state index >= 15 is 0 Å². The third-order valence-corrected chi connectivity index (χ3v) is 5.96. The molecule has 2 rings (SSSR count). The van der Waals surface area contributed by atoms with Gasteiger partial charge in [-0.1, -0.05) is 6.92 Å². The van der Waals surface area contributed by atoms with E-state index in [4.69, 9.17) is 4.74 Å². The van der Waals surface area contributed by atoms with Crippen LogP contribution in [0, 0.1) is 0 Å². The van der Waals surface area contributed by atoms with Gasteiger partial charge in [0.05, 0.1) is 18.4 Å². The van der Waals surface area contributed by atoms with Crippen LogP contribution in [0.25, 0.3) is 0 Å². The van der Waals surface area contributed by atoms with Crippen molar-refractivity contribution in [2.24, 2.45) is 0 Å². The maximum absolute atomic E-state index is 12.3. The second-order valence-electron chi connectivity index (χ2n) is 5.53. The molecule has 9 heteroatoms. The summed E-state index contributed by atoms with van der Waals surface area (Å²) in [6, 6.07) is -0.374. The number of hydrogen-bond donors (Lipinski definition) is 1. The van der Waals surface area contributed by atoms with Crippen LogP contribution in [0.1, 0.15) is 42.6 Å². The molecule has 0 spiro atoms. The highest BCUT2D eigenvalue weighted by Gasteiger charge is 2.34. The predicted octanol–water partition coefficient (Wildman–Crippen LogP) is 0.376. The Kier molecular flexibility index (Phi) is 5.77. The van der Waals surface area contributed by atoms with Crippen molar-refractivity contribution in [3.63, 3.8) is 0 Å². The summed E-state index contributed by atoms with van der Waals surface area (Å²) >= 11 is 0. The summed E-state index contributed by atoms with van der Waals surface area (Å²) in [7, 11) is -1.73. The molecule has 0 radical (unpaired) electrons. The second-order valence-corrected chi connectivity index (χ2v) is 7.57. The SMILES string of the molecule is CCCS(=O)(=O)N1CCn2cc(C(=O)NCCOC)nc2[C@@H]1C. The lowest BCUT2D eigenvalue weighted by Gasteiger charge is -2.32. The number of imidazole rings is 1. The highest BCUT2D eigenvalue weighted by atomic mass is 32.2. The summed E-state index contributed by atoms with van der Waals surface area (Å²) in [6.45, 7) is 5.38. The van der Waals surface area contributed by atoms with Gasteiger partial charge in [0.25, 0.3) is 5.91 Å². The number of rotatable bonds is 7. The molecule has 1 amide bonds. The lowest BCUT2D eigenvalue weighted by molar-refractivity contribution is 0.0932. The quantitative estimate of drug-likeness (QED) is 0.722. The standard InChI is InChI=1S/C14H24N4O4S/c1-4-9-23(20,21)18-7-6-17-10-12(16-13(17)11(18)2)14(19)15-5-8-22-3/h10-11H,4-9H2,1-3H3,(H,15,19)/t11-/m0/s1. The van der Waals surface area contributed by atoms with Crippen LogP contribution in [0.3, 0.4) is 0 Å². The minimum atomic E-state index is -3.29. The molecule has 2 heterocycles. The summed E-state index contributed by atoms with van der Waals surface area (Å²) < 4.78 is 32.9. The van der Waals surface area contributed by atoms with Crippen molar-refractivity contribution in [3.8, 4) is 0 Å². The average molecular weight is 344 g/mol. The Hall–Kier alpha value is -1.45. The molecule has 0 aromatic carbocycles. The van der Waals surface area contributed by atoms with Gasteiger partial charge < -0.3 is 14.6 Å². The predicted molar refractivity (Wildman–Crippen MR) is 85.6 cm³/mol. The number of ether oxygens (including phenoxy) is 1. The number of fused-ring (bicyclic) bond motifs is 1. The maximum Gasteiger partial charge on any atom is 0.271 e. The van der Waals surface area contributed by atoms with Crippen molar-refractivity contribution in [1.29, 1.82) is 0 Å². The van der Waals surface area contributed by atoms with Gasteiger partial charge in [-0.3, -0.25) is 4.79 Å². The Bertz CT molecular complexity index is 656. The van der Waals surface area contributed by atoms with Gasteiger partial charge in [-0.15, -0.1) is 0 Å². The smallest absolute Gasteiger partial charge is 0.271 e. The molecule has 0 bridgehead atoms. The first-order valence-corrected chi connectivity index (χ1v) is 9.35.